The topological polar surface area (TPSA) is 69.1 Å². The number of rotatable bonds is 4. The van der Waals surface area contributed by atoms with Crippen LogP contribution in [0.4, 0.5) is 0 Å². The predicted molar refractivity (Wildman–Crippen MR) is 43.9 cm³/mol. The first-order valence-electron chi connectivity index (χ1n) is 3.90. The fraction of sp³-hybridized carbons (Fsp3) is 0.500. The van der Waals surface area contributed by atoms with E-state index in [2.05, 4.69) is 5.16 Å². The summed E-state index contributed by atoms with van der Waals surface area (Å²) in [4.78, 5) is 11.3. The summed E-state index contributed by atoms with van der Waals surface area (Å²) < 4.78 is 4.76. The number of hydrogen-bond donors (Lipinski definition) is 1. The van der Waals surface area contributed by atoms with E-state index in [9.17, 15) is 4.79 Å². The molecular formula is C8H12N2O2. The molecule has 0 saturated heterocycles. The van der Waals surface area contributed by atoms with Crippen LogP contribution in [0, 0.1) is 6.92 Å². The molecule has 0 aliphatic heterocycles. The Morgan fingerprint density at radius 3 is 3.00 bits per heavy atom. The molecule has 1 rings (SSSR count). The summed E-state index contributed by atoms with van der Waals surface area (Å²) in [6.45, 7) is 2.26. The maximum absolute atomic E-state index is 11.3. The van der Waals surface area contributed by atoms with Gasteiger partial charge < -0.3 is 10.3 Å². The minimum absolute atomic E-state index is 0.0548. The highest BCUT2D eigenvalue weighted by molar-refractivity contribution is 5.96. The molecule has 1 aromatic rings. The van der Waals surface area contributed by atoms with Gasteiger partial charge in [0.2, 0.25) is 0 Å². The van der Waals surface area contributed by atoms with Crippen molar-refractivity contribution in [3.05, 3.63) is 17.5 Å². The molecule has 1 heterocycles. The Morgan fingerprint density at radius 2 is 2.50 bits per heavy atom. The fourth-order valence-electron chi connectivity index (χ4n) is 0.964. The standard InChI is InChI=1S/C8H12N2O2/c1-6-7(5-10-12-6)8(11)3-2-4-9/h5H,2-4,9H2,1H3. The van der Waals surface area contributed by atoms with Gasteiger partial charge in [-0.25, -0.2) is 0 Å². The molecule has 0 bridgehead atoms. The van der Waals surface area contributed by atoms with Gasteiger partial charge in [-0.3, -0.25) is 4.79 Å². The maximum atomic E-state index is 11.3. The Kier molecular flexibility index (Phi) is 2.99. The van der Waals surface area contributed by atoms with Crippen molar-refractivity contribution in [1.29, 1.82) is 0 Å². The average Bonchev–Trinajstić information content (AvgIpc) is 2.47. The summed E-state index contributed by atoms with van der Waals surface area (Å²) >= 11 is 0. The van der Waals surface area contributed by atoms with Crippen LogP contribution >= 0.6 is 0 Å². The first-order valence-corrected chi connectivity index (χ1v) is 3.90. The number of aryl methyl sites for hydroxylation is 1. The van der Waals surface area contributed by atoms with Crippen LogP contribution in [0.15, 0.2) is 10.7 Å². The molecule has 66 valence electrons. The molecule has 0 atom stereocenters. The zero-order valence-corrected chi connectivity index (χ0v) is 7.04. The predicted octanol–water partition coefficient (Wildman–Crippen LogP) is 0.905. The number of ketones is 1. The quantitative estimate of drug-likeness (QED) is 0.678. The number of nitrogens with two attached hydrogens (primary N) is 1. The number of nitrogens with zero attached hydrogens (tertiary/aromatic N) is 1. The molecule has 2 N–H and O–H groups in total. The lowest BCUT2D eigenvalue weighted by Gasteiger charge is -1.94. The van der Waals surface area contributed by atoms with E-state index < -0.39 is 0 Å². The number of aromatic nitrogens is 1. The van der Waals surface area contributed by atoms with Crippen LogP contribution in [0.3, 0.4) is 0 Å². The van der Waals surface area contributed by atoms with E-state index in [1.807, 2.05) is 0 Å². The Labute approximate surface area is 70.7 Å². The van der Waals surface area contributed by atoms with Gasteiger partial charge in [0, 0.05) is 6.42 Å². The van der Waals surface area contributed by atoms with Gasteiger partial charge in [-0.2, -0.15) is 0 Å². The Balaban J connectivity index is 2.59. The van der Waals surface area contributed by atoms with Gasteiger partial charge in [-0.05, 0) is 19.9 Å². The summed E-state index contributed by atoms with van der Waals surface area (Å²) in [6.07, 6.45) is 2.64. The lowest BCUT2D eigenvalue weighted by Crippen LogP contribution is -2.04. The molecule has 0 aliphatic rings. The maximum Gasteiger partial charge on any atom is 0.168 e. The third-order valence-corrected chi connectivity index (χ3v) is 1.66. The first-order chi connectivity index (χ1) is 5.75. The second-order valence-corrected chi connectivity index (χ2v) is 2.61. The van der Waals surface area contributed by atoms with Crippen LogP contribution in [0.1, 0.15) is 29.0 Å². The van der Waals surface area contributed by atoms with Crippen molar-refractivity contribution in [1.82, 2.24) is 5.16 Å². The van der Waals surface area contributed by atoms with Gasteiger partial charge >= 0.3 is 0 Å². The minimum Gasteiger partial charge on any atom is -0.361 e. The molecule has 0 aliphatic carbocycles. The molecule has 12 heavy (non-hydrogen) atoms. The summed E-state index contributed by atoms with van der Waals surface area (Å²) in [5.74, 6) is 0.635. The summed E-state index contributed by atoms with van der Waals surface area (Å²) in [6, 6.07) is 0. The zero-order valence-electron chi connectivity index (χ0n) is 7.04. The molecule has 0 amide bonds. The van der Waals surface area contributed by atoms with Gasteiger partial charge in [-0.15, -0.1) is 0 Å². The highest BCUT2D eigenvalue weighted by Gasteiger charge is 2.11. The van der Waals surface area contributed by atoms with E-state index in [0.717, 1.165) is 0 Å². The molecule has 0 unspecified atom stereocenters. The van der Waals surface area contributed by atoms with E-state index in [4.69, 9.17) is 10.3 Å². The summed E-state index contributed by atoms with van der Waals surface area (Å²) in [7, 11) is 0. The highest BCUT2D eigenvalue weighted by atomic mass is 16.5. The van der Waals surface area contributed by atoms with E-state index >= 15 is 0 Å². The smallest absolute Gasteiger partial charge is 0.168 e. The van der Waals surface area contributed by atoms with Crippen LogP contribution in [0.25, 0.3) is 0 Å². The van der Waals surface area contributed by atoms with Gasteiger partial charge in [-0.1, -0.05) is 5.16 Å². The Bertz CT molecular complexity index is 268. The Hall–Kier alpha value is -1.16. The van der Waals surface area contributed by atoms with Crippen molar-refractivity contribution in [2.24, 2.45) is 5.73 Å². The zero-order chi connectivity index (χ0) is 8.97. The van der Waals surface area contributed by atoms with Crippen molar-refractivity contribution >= 4 is 5.78 Å². The molecule has 4 nitrogen and oxygen atoms in total. The van der Waals surface area contributed by atoms with E-state index in [0.29, 0.717) is 30.7 Å². The van der Waals surface area contributed by atoms with E-state index in [1.54, 1.807) is 6.92 Å². The third-order valence-electron chi connectivity index (χ3n) is 1.66. The molecule has 0 saturated carbocycles. The van der Waals surface area contributed by atoms with Crippen LogP contribution in [0.5, 0.6) is 0 Å². The van der Waals surface area contributed by atoms with Crippen molar-refractivity contribution in [2.75, 3.05) is 6.54 Å². The van der Waals surface area contributed by atoms with Crippen molar-refractivity contribution < 1.29 is 9.32 Å². The average molecular weight is 168 g/mol. The largest absolute Gasteiger partial charge is 0.361 e. The number of hydrogen-bond acceptors (Lipinski definition) is 4. The number of carbonyl (C=O) groups excluding carboxylic acids is 1. The van der Waals surface area contributed by atoms with Crippen molar-refractivity contribution in [2.45, 2.75) is 19.8 Å². The van der Waals surface area contributed by atoms with Crippen LogP contribution in [-0.2, 0) is 0 Å². The van der Waals surface area contributed by atoms with Gasteiger partial charge in [0.1, 0.15) is 5.76 Å². The van der Waals surface area contributed by atoms with Gasteiger partial charge in [0.25, 0.3) is 0 Å². The van der Waals surface area contributed by atoms with Crippen molar-refractivity contribution in [3.63, 3.8) is 0 Å². The monoisotopic (exact) mass is 168 g/mol. The van der Waals surface area contributed by atoms with E-state index in [-0.39, 0.29) is 5.78 Å². The first kappa shape index (κ1) is 8.93. The number of Topliss-reactive ketones (excluding diaryl/α,β-unsaturated/α-hetero) is 1. The normalized spacial score (nSPS) is 10.2. The molecule has 0 radical (unpaired) electrons. The minimum atomic E-state index is 0.0548. The van der Waals surface area contributed by atoms with Gasteiger partial charge in [0.05, 0.1) is 11.8 Å². The van der Waals surface area contributed by atoms with Crippen LogP contribution in [0.2, 0.25) is 0 Å². The molecule has 0 aromatic carbocycles. The second-order valence-electron chi connectivity index (χ2n) is 2.61. The van der Waals surface area contributed by atoms with Crippen LogP contribution in [-0.4, -0.2) is 17.5 Å². The molecule has 1 aromatic heterocycles. The molecule has 0 fully saturated rings. The molecule has 4 heteroatoms. The molecule has 0 spiro atoms. The third kappa shape index (κ3) is 1.92. The SMILES string of the molecule is Cc1oncc1C(=O)CCCN. The van der Waals surface area contributed by atoms with Crippen LogP contribution < -0.4 is 5.73 Å². The van der Waals surface area contributed by atoms with E-state index in [1.165, 1.54) is 6.20 Å². The summed E-state index contributed by atoms with van der Waals surface area (Å²) in [5, 5.41) is 3.52. The van der Waals surface area contributed by atoms with Gasteiger partial charge in [0.15, 0.2) is 5.78 Å². The lowest BCUT2D eigenvalue weighted by molar-refractivity contribution is 0.0979. The summed E-state index contributed by atoms with van der Waals surface area (Å²) in [5.41, 5.74) is 5.85. The van der Waals surface area contributed by atoms with Crippen molar-refractivity contribution in [3.8, 4) is 0 Å². The molecular weight excluding hydrogens is 156 g/mol. The Morgan fingerprint density at radius 1 is 1.75 bits per heavy atom. The number of carbonyl (C=O) groups is 1. The second kappa shape index (κ2) is 4.01. The lowest BCUT2D eigenvalue weighted by atomic mass is 10.1. The highest BCUT2D eigenvalue weighted by Crippen LogP contribution is 2.09. The fourth-order valence-corrected chi connectivity index (χ4v) is 0.964.